The Hall–Kier alpha value is -3.63. The molecule has 11 heteroatoms. The summed E-state index contributed by atoms with van der Waals surface area (Å²) in [5.74, 6) is 1.52. The molecular formula is C27H30ClN3O6S. The van der Waals surface area contributed by atoms with Crippen LogP contribution in [0.5, 0.6) is 17.2 Å². The fourth-order valence-corrected chi connectivity index (χ4v) is 5.39. The third-order valence-corrected chi connectivity index (χ3v) is 7.73. The quantitative estimate of drug-likeness (QED) is 0.396. The fraction of sp³-hybridized carbons (Fsp3) is 0.296. The minimum Gasteiger partial charge on any atom is -0.497 e. The number of ether oxygens (including phenoxy) is 3. The van der Waals surface area contributed by atoms with E-state index < -0.39 is 10.0 Å². The maximum Gasteiger partial charge on any atom is 0.261 e. The van der Waals surface area contributed by atoms with Crippen molar-refractivity contribution >= 4 is 38.9 Å². The molecule has 0 radical (unpaired) electrons. The predicted molar refractivity (Wildman–Crippen MR) is 147 cm³/mol. The fourth-order valence-electron chi connectivity index (χ4n) is 4.00. The summed E-state index contributed by atoms with van der Waals surface area (Å²) in [6, 6.07) is 18.6. The molecule has 0 spiro atoms. The average molecular weight is 560 g/mol. The highest BCUT2D eigenvalue weighted by Gasteiger charge is 2.22. The van der Waals surface area contributed by atoms with Crippen LogP contribution in [-0.2, 0) is 14.8 Å². The first-order valence-electron chi connectivity index (χ1n) is 12.1. The molecule has 0 bridgehead atoms. The summed E-state index contributed by atoms with van der Waals surface area (Å²) in [7, 11) is -2.24. The van der Waals surface area contributed by atoms with Crippen molar-refractivity contribution in [2.24, 2.45) is 0 Å². The summed E-state index contributed by atoms with van der Waals surface area (Å²) in [4.78, 5) is 16.6. The van der Waals surface area contributed by atoms with Crippen molar-refractivity contribution in [3.8, 4) is 17.2 Å². The zero-order valence-corrected chi connectivity index (χ0v) is 22.8. The van der Waals surface area contributed by atoms with Gasteiger partial charge >= 0.3 is 0 Å². The van der Waals surface area contributed by atoms with Crippen molar-refractivity contribution < 1.29 is 27.4 Å². The van der Waals surface area contributed by atoms with Gasteiger partial charge in [0.15, 0.2) is 6.61 Å². The number of hydrogen-bond donors (Lipinski definition) is 1. The van der Waals surface area contributed by atoms with Crippen LogP contribution >= 0.6 is 11.6 Å². The number of sulfonamides is 1. The molecule has 4 rings (SSSR count). The van der Waals surface area contributed by atoms with E-state index in [0.717, 1.165) is 11.4 Å². The highest BCUT2D eigenvalue weighted by atomic mass is 35.5. The lowest BCUT2D eigenvalue weighted by atomic mass is 10.2. The molecule has 3 aromatic carbocycles. The maximum absolute atomic E-state index is 12.8. The van der Waals surface area contributed by atoms with E-state index in [2.05, 4.69) is 9.62 Å². The molecular weight excluding hydrogens is 530 g/mol. The lowest BCUT2D eigenvalue weighted by Gasteiger charge is -2.36. The summed E-state index contributed by atoms with van der Waals surface area (Å²) < 4.78 is 44.3. The second kappa shape index (κ2) is 12.3. The first kappa shape index (κ1) is 27.4. The van der Waals surface area contributed by atoms with Crippen LogP contribution in [0.2, 0.25) is 5.02 Å². The number of nitrogens with one attached hydrogen (secondary N) is 1. The van der Waals surface area contributed by atoms with E-state index in [1.165, 1.54) is 18.2 Å². The Labute approximate surface area is 227 Å². The standard InChI is InChI=1S/C27H30ClN3O6S/c1-3-36-23-8-4-20(5-9-23)29-38(33,34)24-12-13-26(25(28)18-24)37-19-27(32)31-16-14-30(15-17-31)21-6-10-22(35-2)11-7-21/h4-13,18,29H,3,14-17,19H2,1-2H3. The highest BCUT2D eigenvalue weighted by Crippen LogP contribution is 2.29. The van der Waals surface area contributed by atoms with Crippen LogP contribution in [0.1, 0.15) is 6.92 Å². The van der Waals surface area contributed by atoms with Gasteiger partial charge in [-0.1, -0.05) is 11.6 Å². The molecule has 0 aromatic heterocycles. The Balaban J connectivity index is 1.29. The van der Waals surface area contributed by atoms with Crippen molar-refractivity contribution in [1.82, 2.24) is 4.90 Å². The molecule has 9 nitrogen and oxygen atoms in total. The number of rotatable bonds is 10. The molecule has 0 atom stereocenters. The van der Waals surface area contributed by atoms with Gasteiger partial charge in [0.1, 0.15) is 17.2 Å². The zero-order chi connectivity index (χ0) is 27.1. The topological polar surface area (TPSA) is 97.4 Å². The van der Waals surface area contributed by atoms with E-state index in [1.54, 1.807) is 36.3 Å². The van der Waals surface area contributed by atoms with Crippen LogP contribution < -0.4 is 23.8 Å². The van der Waals surface area contributed by atoms with Gasteiger partial charge in [0.2, 0.25) is 0 Å². The van der Waals surface area contributed by atoms with Crippen molar-refractivity contribution in [3.63, 3.8) is 0 Å². The number of amides is 1. The van der Waals surface area contributed by atoms with Gasteiger partial charge in [0.05, 0.1) is 23.6 Å². The Morgan fingerprint density at radius 1 is 0.921 bits per heavy atom. The van der Waals surface area contributed by atoms with Gasteiger partial charge in [-0.3, -0.25) is 9.52 Å². The average Bonchev–Trinajstić information content (AvgIpc) is 2.93. The minimum atomic E-state index is -3.88. The number of nitrogens with zero attached hydrogens (tertiary/aromatic N) is 2. The third-order valence-electron chi connectivity index (χ3n) is 6.05. The van der Waals surface area contributed by atoms with Gasteiger partial charge in [-0.15, -0.1) is 0 Å². The van der Waals surface area contributed by atoms with Gasteiger partial charge in [0, 0.05) is 37.6 Å². The molecule has 1 amide bonds. The van der Waals surface area contributed by atoms with Crippen molar-refractivity contribution in [3.05, 3.63) is 71.8 Å². The second-order valence-electron chi connectivity index (χ2n) is 8.51. The number of benzene rings is 3. The maximum atomic E-state index is 12.8. The number of methoxy groups -OCH3 is 1. The SMILES string of the molecule is CCOc1ccc(NS(=O)(=O)c2ccc(OCC(=O)N3CCN(c4ccc(OC)cc4)CC3)c(Cl)c2)cc1. The van der Waals surface area contributed by atoms with Crippen molar-refractivity contribution in [2.45, 2.75) is 11.8 Å². The Morgan fingerprint density at radius 3 is 2.18 bits per heavy atom. The summed E-state index contributed by atoms with van der Waals surface area (Å²) >= 11 is 6.30. The predicted octanol–water partition coefficient (Wildman–Crippen LogP) is 4.28. The largest absolute Gasteiger partial charge is 0.497 e. The van der Waals surface area contributed by atoms with Crippen LogP contribution in [-0.4, -0.2) is 65.7 Å². The number of carbonyl (C=O) groups excluding carboxylic acids is 1. The molecule has 1 N–H and O–H groups in total. The van der Waals surface area contributed by atoms with Crippen LogP contribution in [0, 0.1) is 0 Å². The first-order chi connectivity index (χ1) is 18.3. The third kappa shape index (κ3) is 6.81. The smallest absolute Gasteiger partial charge is 0.261 e. The summed E-state index contributed by atoms with van der Waals surface area (Å²) in [6.07, 6.45) is 0. The molecule has 0 aliphatic carbocycles. The monoisotopic (exact) mass is 559 g/mol. The van der Waals surface area contributed by atoms with Gasteiger partial charge in [-0.2, -0.15) is 0 Å². The number of carbonyl (C=O) groups is 1. The zero-order valence-electron chi connectivity index (χ0n) is 21.2. The van der Waals surface area contributed by atoms with Crippen molar-refractivity contribution in [2.75, 3.05) is 56.1 Å². The number of anilines is 2. The van der Waals surface area contributed by atoms with Gasteiger partial charge < -0.3 is 24.0 Å². The summed E-state index contributed by atoms with van der Waals surface area (Å²) in [5.41, 5.74) is 1.47. The van der Waals surface area contributed by atoms with Crippen LogP contribution in [0.15, 0.2) is 71.6 Å². The molecule has 202 valence electrons. The molecule has 38 heavy (non-hydrogen) atoms. The summed E-state index contributed by atoms with van der Waals surface area (Å²) in [5, 5.41) is 0.0942. The number of hydrogen-bond acceptors (Lipinski definition) is 7. The van der Waals surface area contributed by atoms with E-state index in [4.69, 9.17) is 25.8 Å². The highest BCUT2D eigenvalue weighted by molar-refractivity contribution is 7.92. The summed E-state index contributed by atoms with van der Waals surface area (Å²) in [6.45, 7) is 4.73. The van der Waals surface area contributed by atoms with Crippen LogP contribution in [0.25, 0.3) is 0 Å². The van der Waals surface area contributed by atoms with Gasteiger partial charge in [0.25, 0.3) is 15.9 Å². The van der Waals surface area contributed by atoms with E-state index in [1.807, 2.05) is 31.2 Å². The molecule has 1 aliphatic rings. The van der Waals surface area contributed by atoms with E-state index in [0.29, 0.717) is 44.2 Å². The van der Waals surface area contributed by atoms with Crippen molar-refractivity contribution in [1.29, 1.82) is 0 Å². The lowest BCUT2D eigenvalue weighted by molar-refractivity contribution is -0.133. The van der Waals surface area contributed by atoms with E-state index >= 15 is 0 Å². The Bertz CT molecular complexity index is 1340. The molecule has 0 saturated carbocycles. The lowest BCUT2D eigenvalue weighted by Crippen LogP contribution is -2.50. The Morgan fingerprint density at radius 2 is 1.58 bits per heavy atom. The number of halogens is 1. The molecule has 3 aromatic rings. The molecule has 1 heterocycles. The first-order valence-corrected chi connectivity index (χ1v) is 14.0. The van der Waals surface area contributed by atoms with E-state index in [9.17, 15) is 13.2 Å². The van der Waals surface area contributed by atoms with Crippen LogP contribution in [0.3, 0.4) is 0 Å². The molecule has 1 aliphatic heterocycles. The van der Waals surface area contributed by atoms with E-state index in [-0.39, 0.29) is 28.2 Å². The molecule has 1 saturated heterocycles. The second-order valence-corrected chi connectivity index (χ2v) is 10.6. The normalized spacial score (nSPS) is 13.7. The molecule has 0 unspecified atom stereocenters. The van der Waals surface area contributed by atoms with Gasteiger partial charge in [-0.25, -0.2) is 8.42 Å². The molecule has 1 fully saturated rings. The Kier molecular flexibility index (Phi) is 8.85. The van der Waals surface area contributed by atoms with Gasteiger partial charge in [-0.05, 0) is 73.7 Å². The minimum absolute atomic E-state index is 0.0234. The van der Waals surface area contributed by atoms with Crippen LogP contribution in [0.4, 0.5) is 11.4 Å². The number of piperazine rings is 1.